The average Bonchev–Trinajstić information content (AvgIpc) is 3.33. The molecular weight excluding hydrogens is 747 g/mol. The summed E-state index contributed by atoms with van der Waals surface area (Å²) in [6.45, 7) is 6.38. The van der Waals surface area contributed by atoms with Gasteiger partial charge in [-0.3, -0.25) is 9.97 Å². The van der Waals surface area contributed by atoms with E-state index in [1.807, 2.05) is 98.2 Å². The highest BCUT2D eigenvalue weighted by atomic mass is 14.9. The zero-order chi connectivity index (χ0) is 41.3. The van der Waals surface area contributed by atoms with Crippen LogP contribution in [0, 0.1) is 11.3 Å². The van der Waals surface area contributed by atoms with Crippen molar-refractivity contribution in [2.75, 3.05) is 0 Å². The summed E-state index contributed by atoms with van der Waals surface area (Å²) in [4.78, 5) is 29.6. The van der Waals surface area contributed by atoms with Crippen LogP contribution in [-0.2, 0) is 0 Å². The van der Waals surface area contributed by atoms with Crippen LogP contribution < -0.4 is 0 Å². The van der Waals surface area contributed by atoms with Gasteiger partial charge in [0.25, 0.3) is 0 Å². The summed E-state index contributed by atoms with van der Waals surface area (Å²) in [5, 5.41) is 13.4. The zero-order valence-corrected chi connectivity index (χ0v) is 33.2. The monoisotopic (exact) mass is 781 g/mol. The Kier molecular flexibility index (Phi) is 9.49. The molecule has 4 heterocycles. The van der Waals surface area contributed by atoms with Crippen LogP contribution in [0.3, 0.4) is 0 Å². The number of benzene rings is 6. The molecule has 0 aliphatic rings. The van der Waals surface area contributed by atoms with E-state index in [4.69, 9.17) is 20.0 Å². The Morgan fingerprint density at radius 1 is 0.459 bits per heavy atom. The second-order valence-electron chi connectivity index (χ2n) is 14.8. The lowest BCUT2D eigenvalue weighted by atomic mass is 10.0. The van der Waals surface area contributed by atoms with Gasteiger partial charge in [-0.25, -0.2) is 20.0 Å². The van der Waals surface area contributed by atoms with Gasteiger partial charge >= 0.3 is 0 Å². The quantitative estimate of drug-likeness (QED) is 0.0910. The van der Waals surface area contributed by atoms with Crippen molar-refractivity contribution in [2.24, 2.45) is 9.98 Å². The van der Waals surface area contributed by atoms with Gasteiger partial charge in [-0.1, -0.05) is 140 Å². The summed E-state index contributed by atoms with van der Waals surface area (Å²) in [5.74, 6) is 0.534. The minimum Gasteiger partial charge on any atom is -0.254 e. The third kappa shape index (κ3) is 7.31. The number of amidine groups is 1. The van der Waals surface area contributed by atoms with Crippen LogP contribution in [0.1, 0.15) is 29.2 Å². The first kappa shape index (κ1) is 36.8. The van der Waals surface area contributed by atoms with Gasteiger partial charge in [0, 0.05) is 56.3 Å². The first-order chi connectivity index (χ1) is 30.0. The highest BCUT2D eigenvalue weighted by Gasteiger charge is 2.12. The van der Waals surface area contributed by atoms with Crippen LogP contribution in [0.15, 0.2) is 199 Å². The lowest BCUT2D eigenvalue weighted by molar-refractivity contribution is 1.37. The van der Waals surface area contributed by atoms with Crippen LogP contribution in [0.4, 0.5) is 0 Å². The average molecular weight is 782 g/mol. The number of hydrogen-bond donors (Lipinski definition) is 0. The molecule has 7 nitrogen and oxygen atoms in total. The first-order valence-electron chi connectivity index (χ1n) is 19.9. The van der Waals surface area contributed by atoms with Crippen molar-refractivity contribution in [3.05, 3.63) is 211 Å². The fourth-order valence-corrected chi connectivity index (χ4v) is 7.60. The summed E-state index contributed by atoms with van der Waals surface area (Å²) in [6, 6.07) is 59.0. The predicted molar refractivity (Wildman–Crippen MR) is 249 cm³/mol. The maximum atomic E-state index is 9.22. The standard InChI is InChI=1S/C54H35N7/c1-34(37-11-15-40(16-12-37)39-9-7-36(33-55)8-10-39)58-54(47-25-19-42(20-26-47)49-30-28-46-24-22-44-6-4-32-57-51(44)53(46)61-49)59-35(2)38-13-17-41(18-14-38)48-29-27-45-23-21-43-5-3-31-56-50(43)52(45)60-48/h3-32H,1H2,2H3/b58-54-,59-35+. The zero-order valence-electron chi connectivity index (χ0n) is 33.2. The predicted octanol–water partition coefficient (Wildman–Crippen LogP) is 12.7. The van der Waals surface area contributed by atoms with Crippen molar-refractivity contribution >= 4 is 60.9 Å². The van der Waals surface area contributed by atoms with E-state index < -0.39 is 0 Å². The van der Waals surface area contributed by atoms with Gasteiger partial charge in [0.2, 0.25) is 0 Å². The van der Waals surface area contributed by atoms with E-state index in [0.29, 0.717) is 17.1 Å². The van der Waals surface area contributed by atoms with Crippen molar-refractivity contribution in [3.8, 4) is 39.7 Å². The van der Waals surface area contributed by atoms with Crippen LogP contribution in [-0.4, -0.2) is 31.5 Å². The topological polar surface area (TPSA) is 100 Å². The van der Waals surface area contributed by atoms with Gasteiger partial charge in [0.1, 0.15) is 0 Å². The van der Waals surface area contributed by atoms with Crippen LogP contribution in [0.5, 0.6) is 0 Å². The maximum Gasteiger partial charge on any atom is 0.160 e. The molecule has 0 N–H and O–H groups in total. The number of hydrogen-bond acceptors (Lipinski definition) is 6. The molecule has 0 amide bonds. The van der Waals surface area contributed by atoms with E-state index in [1.165, 1.54) is 0 Å². The van der Waals surface area contributed by atoms with Gasteiger partial charge in [-0.2, -0.15) is 5.26 Å². The van der Waals surface area contributed by atoms with Crippen molar-refractivity contribution in [1.29, 1.82) is 5.26 Å². The van der Waals surface area contributed by atoms with Crippen molar-refractivity contribution < 1.29 is 0 Å². The third-order valence-electron chi connectivity index (χ3n) is 11.0. The summed E-state index contributed by atoms with van der Waals surface area (Å²) in [6.07, 6.45) is 3.62. The Bertz CT molecular complexity index is 3420. The SMILES string of the molecule is C=C(/N=C(\N=C(/C)c1ccc(-c2ccc3ccc4cccnc4c3n2)cc1)c1ccc(-c2ccc3ccc4cccnc4c3n2)cc1)c1ccc(-c2ccc(C#N)cc2)cc1. The summed E-state index contributed by atoms with van der Waals surface area (Å²) in [7, 11) is 0. The molecule has 0 fully saturated rings. The molecule has 0 saturated heterocycles. The molecule has 0 spiro atoms. The Morgan fingerprint density at radius 2 is 0.885 bits per heavy atom. The van der Waals surface area contributed by atoms with E-state index in [2.05, 4.69) is 114 Å². The molecule has 0 unspecified atom stereocenters. The Balaban J connectivity index is 0.985. The smallest absolute Gasteiger partial charge is 0.160 e. The summed E-state index contributed by atoms with van der Waals surface area (Å²) in [5.41, 5.74) is 14.0. The summed E-state index contributed by atoms with van der Waals surface area (Å²) < 4.78 is 0. The minimum absolute atomic E-state index is 0.534. The molecule has 61 heavy (non-hydrogen) atoms. The van der Waals surface area contributed by atoms with E-state index in [1.54, 1.807) is 0 Å². The number of aliphatic imine (C=N–C) groups is 2. The Labute approximate surface area is 352 Å². The van der Waals surface area contributed by atoms with Crippen LogP contribution in [0.2, 0.25) is 0 Å². The Morgan fingerprint density at radius 3 is 1.39 bits per heavy atom. The number of pyridine rings is 4. The lowest BCUT2D eigenvalue weighted by Gasteiger charge is -2.10. The second-order valence-corrected chi connectivity index (χ2v) is 14.8. The number of nitriles is 1. The minimum atomic E-state index is 0.534. The first-order valence-corrected chi connectivity index (χ1v) is 19.9. The number of aromatic nitrogens is 4. The molecule has 0 aliphatic heterocycles. The van der Waals surface area contributed by atoms with Crippen LogP contribution >= 0.6 is 0 Å². The Hall–Kier alpha value is -8.47. The van der Waals surface area contributed by atoms with Crippen molar-refractivity contribution in [2.45, 2.75) is 6.92 Å². The van der Waals surface area contributed by atoms with E-state index in [9.17, 15) is 5.26 Å². The summed E-state index contributed by atoms with van der Waals surface area (Å²) >= 11 is 0. The van der Waals surface area contributed by atoms with Crippen LogP contribution in [0.25, 0.3) is 83.0 Å². The molecule has 7 heteroatoms. The second kappa shape index (κ2) is 15.7. The van der Waals surface area contributed by atoms with Crippen molar-refractivity contribution in [1.82, 2.24) is 19.9 Å². The molecular formula is C54H35N7. The molecule has 10 rings (SSSR count). The molecule has 0 saturated carbocycles. The van der Waals surface area contributed by atoms with Gasteiger partial charge in [0.15, 0.2) is 5.84 Å². The molecule has 4 aromatic heterocycles. The lowest BCUT2D eigenvalue weighted by Crippen LogP contribution is -2.04. The molecule has 0 aliphatic carbocycles. The van der Waals surface area contributed by atoms with Gasteiger partial charge < -0.3 is 0 Å². The highest BCUT2D eigenvalue weighted by molar-refractivity contribution is 6.13. The normalized spacial score (nSPS) is 11.9. The number of rotatable bonds is 7. The molecule has 0 atom stereocenters. The highest BCUT2D eigenvalue weighted by Crippen LogP contribution is 2.29. The van der Waals surface area contributed by atoms with E-state index >= 15 is 0 Å². The molecule has 6 aromatic carbocycles. The third-order valence-corrected chi connectivity index (χ3v) is 11.0. The molecule has 10 aromatic rings. The van der Waals surface area contributed by atoms with Gasteiger partial charge in [-0.15, -0.1) is 0 Å². The largest absolute Gasteiger partial charge is 0.254 e. The fraction of sp³-hybridized carbons (Fsp3) is 0.0185. The van der Waals surface area contributed by atoms with Gasteiger partial charge in [-0.05, 0) is 65.6 Å². The number of nitrogens with zero attached hydrogens (tertiary/aromatic N) is 7. The molecule has 0 bridgehead atoms. The van der Waals surface area contributed by atoms with E-state index in [-0.39, 0.29) is 0 Å². The number of fused-ring (bicyclic) bond motifs is 6. The molecule has 0 radical (unpaired) electrons. The van der Waals surface area contributed by atoms with E-state index in [0.717, 1.165) is 99.7 Å². The van der Waals surface area contributed by atoms with Crippen molar-refractivity contribution in [3.63, 3.8) is 0 Å². The fourth-order valence-electron chi connectivity index (χ4n) is 7.60. The van der Waals surface area contributed by atoms with Gasteiger partial charge in [0.05, 0.1) is 50.8 Å². The molecule has 286 valence electrons. The maximum absolute atomic E-state index is 9.22.